The minimum atomic E-state index is -0.595. The fourth-order valence-electron chi connectivity index (χ4n) is 2.03. The molecule has 0 fully saturated rings. The molecule has 0 saturated carbocycles. The normalized spacial score (nSPS) is 11.2. The molecule has 110 valence electrons. The van der Waals surface area contributed by atoms with Crippen molar-refractivity contribution in [2.75, 3.05) is 13.1 Å². The second-order valence-electron chi connectivity index (χ2n) is 4.77. The Morgan fingerprint density at radius 3 is 2.24 bits per heavy atom. The quantitative estimate of drug-likeness (QED) is 0.784. The maximum atomic E-state index is 12.3. The fourth-order valence-corrected chi connectivity index (χ4v) is 2.03. The summed E-state index contributed by atoms with van der Waals surface area (Å²) in [5.74, 6) is -0.184. The Morgan fingerprint density at radius 1 is 1.14 bits per heavy atom. The van der Waals surface area contributed by atoms with Gasteiger partial charge in [-0.05, 0) is 18.4 Å². The van der Waals surface area contributed by atoms with Gasteiger partial charge in [0.25, 0.3) is 0 Å². The van der Waals surface area contributed by atoms with Gasteiger partial charge in [0.05, 0.1) is 31.0 Å². The van der Waals surface area contributed by atoms with Crippen molar-refractivity contribution in [1.82, 2.24) is 4.90 Å². The first kappa shape index (κ1) is 16.7. The SMILES string of the molecule is N#CCCN(CCC#N)C(=O)C(N)CCc1ccccc1. The molecule has 5 heteroatoms. The zero-order chi connectivity index (χ0) is 15.5. The van der Waals surface area contributed by atoms with Gasteiger partial charge in [0.15, 0.2) is 0 Å². The van der Waals surface area contributed by atoms with Crippen LogP contribution in [0.3, 0.4) is 0 Å². The van der Waals surface area contributed by atoms with E-state index in [1.165, 1.54) is 4.90 Å². The average Bonchev–Trinajstić information content (AvgIpc) is 2.53. The van der Waals surface area contributed by atoms with Gasteiger partial charge < -0.3 is 10.6 Å². The number of aryl methyl sites for hydroxylation is 1. The van der Waals surface area contributed by atoms with E-state index in [1.807, 2.05) is 42.5 Å². The molecule has 1 aromatic carbocycles. The molecule has 21 heavy (non-hydrogen) atoms. The first-order valence-electron chi connectivity index (χ1n) is 7.01. The summed E-state index contributed by atoms with van der Waals surface area (Å²) < 4.78 is 0. The van der Waals surface area contributed by atoms with E-state index in [-0.39, 0.29) is 18.7 Å². The molecule has 1 unspecified atom stereocenters. The maximum absolute atomic E-state index is 12.3. The summed E-state index contributed by atoms with van der Waals surface area (Å²) in [7, 11) is 0. The highest BCUT2D eigenvalue weighted by Gasteiger charge is 2.20. The number of nitrogens with zero attached hydrogens (tertiary/aromatic N) is 3. The Kier molecular flexibility index (Phi) is 7.56. The minimum Gasteiger partial charge on any atom is -0.339 e. The molecule has 1 rings (SSSR count). The van der Waals surface area contributed by atoms with Crippen molar-refractivity contribution in [2.24, 2.45) is 5.73 Å². The Hall–Kier alpha value is -2.37. The van der Waals surface area contributed by atoms with Gasteiger partial charge in [0, 0.05) is 13.1 Å². The highest BCUT2D eigenvalue weighted by Crippen LogP contribution is 2.07. The van der Waals surface area contributed by atoms with E-state index in [0.29, 0.717) is 19.5 Å². The molecule has 0 aliphatic rings. The third kappa shape index (κ3) is 6.07. The molecule has 5 nitrogen and oxygen atoms in total. The molecule has 0 aromatic heterocycles. The predicted molar refractivity (Wildman–Crippen MR) is 79.8 cm³/mol. The molecule has 0 radical (unpaired) electrons. The van der Waals surface area contributed by atoms with Crippen molar-refractivity contribution in [2.45, 2.75) is 31.7 Å². The van der Waals surface area contributed by atoms with Crippen LogP contribution in [0, 0.1) is 22.7 Å². The molecule has 1 aromatic rings. The molecule has 2 N–H and O–H groups in total. The lowest BCUT2D eigenvalue weighted by Crippen LogP contribution is -2.44. The molecule has 1 amide bonds. The first-order valence-corrected chi connectivity index (χ1v) is 7.01. The van der Waals surface area contributed by atoms with E-state index < -0.39 is 6.04 Å². The summed E-state index contributed by atoms with van der Waals surface area (Å²) in [6.07, 6.45) is 1.79. The number of nitriles is 2. The summed E-state index contributed by atoms with van der Waals surface area (Å²) in [6, 6.07) is 13.3. The smallest absolute Gasteiger partial charge is 0.239 e. The van der Waals surface area contributed by atoms with Crippen LogP contribution in [0.2, 0.25) is 0 Å². The van der Waals surface area contributed by atoms with Crippen molar-refractivity contribution >= 4 is 5.91 Å². The number of rotatable bonds is 8. The van der Waals surface area contributed by atoms with Gasteiger partial charge in [-0.25, -0.2) is 0 Å². The molecule has 0 bridgehead atoms. The standard InChI is InChI=1S/C16H20N4O/c17-10-4-12-20(13-5-11-18)16(21)15(19)9-8-14-6-2-1-3-7-14/h1-3,6-7,15H,4-5,8-9,12-13,19H2. The first-order chi connectivity index (χ1) is 10.2. The second kappa shape index (κ2) is 9.52. The van der Waals surface area contributed by atoms with Crippen LogP contribution in [0.5, 0.6) is 0 Å². The van der Waals surface area contributed by atoms with Crippen LogP contribution in [0.25, 0.3) is 0 Å². The zero-order valence-electron chi connectivity index (χ0n) is 12.0. The van der Waals surface area contributed by atoms with Crippen molar-refractivity contribution in [3.63, 3.8) is 0 Å². The Labute approximate surface area is 125 Å². The molecular formula is C16H20N4O. The lowest BCUT2D eigenvalue weighted by atomic mass is 10.0. The van der Waals surface area contributed by atoms with Crippen LogP contribution in [0.15, 0.2) is 30.3 Å². The number of hydrogen-bond donors (Lipinski definition) is 1. The lowest BCUT2D eigenvalue weighted by Gasteiger charge is -2.24. The largest absolute Gasteiger partial charge is 0.339 e. The van der Waals surface area contributed by atoms with E-state index in [0.717, 1.165) is 12.0 Å². The van der Waals surface area contributed by atoms with Gasteiger partial charge >= 0.3 is 0 Å². The zero-order valence-corrected chi connectivity index (χ0v) is 12.0. The van der Waals surface area contributed by atoms with Crippen LogP contribution in [-0.2, 0) is 11.2 Å². The Balaban J connectivity index is 2.52. The molecule has 0 saturated heterocycles. The molecule has 0 aliphatic heterocycles. The summed E-state index contributed by atoms with van der Waals surface area (Å²) in [5, 5.41) is 17.3. The van der Waals surface area contributed by atoms with Gasteiger partial charge in [0.2, 0.25) is 5.91 Å². The third-order valence-electron chi connectivity index (χ3n) is 3.20. The van der Waals surface area contributed by atoms with Crippen LogP contribution >= 0.6 is 0 Å². The summed E-state index contributed by atoms with van der Waals surface area (Å²) in [6.45, 7) is 0.659. The number of carbonyl (C=O) groups is 1. The molecule has 0 heterocycles. The molecule has 0 aliphatic carbocycles. The van der Waals surface area contributed by atoms with Crippen molar-refractivity contribution in [3.8, 4) is 12.1 Å². The van der Waals surface area contributed by atoms with E-state index >= 15 is 0 Å². The van der Waals surface area contributed by atoms with Gasteiger partial charge in [-0.15, -0.1) is 0 Å². The summed E-state index contributed by atoms with van der Waals surface area (Å²) in [5.41, 5.74) is 7.09. The van der Waals surface area contributed by atoms with Crippen LogP contribution in [-0.4, -0.2) is 29.9 Å². The molecule has 1 atom stereocenters. The van der Waals surface area contributed by atoms with Crippen LogP contribution in [0.4, 0.5) is 0 Å². The van der Waals surface area contributed by atoms with E-state index in [2.05, 4.69) is 0 Å². The van der Waals surface area contributed by atoms with Gasteiger partial charge in [-0.1, -0.05) is 30.3 Å². The average molecular weight is 284 g/mol. The van der Waals surface area contributed by atoms with Crippen molar-refractivity contribution < 1.29 is 4.79 Å². The summed E-state index contributed by atoms with van der Waals surface area (Å²) in [4.78, 5) is 13.8. The number of benzene rings is 1. The number of hydrogen-bond acceptors (Lipinski definition) is 4. The summed E-state index contributed by atoms with van der Waals surface area (Å²) >= 11 is 0. The Morgan fingerprint density at radius 2 is 1.71 bits per heavy atom. The number of nitrogens with two attached hydrogens (primary N) is 1. The van der Waals surface area contributed by atoms with Crippen molar-refractivity contribution in [1.29, 1.82) is 10.5 Å². The highest BCUT2D eigenvalue weighted by molar-refractivity contribution is 5.81. The Bertz CT molecular complexity index is 497. The fraction of sp³-hybridized carbons (Fsp3) is 0.438. The van der Waals surface area contributed by atoms with Crippen molar-refractivity contribution in [3.05, 3.63) is 35.9 Å². The van der Waals surface area contributed by atoms with Gasteiger partial charge in [-0.3, -0.25) is 4.79 Å². The molecular weight excluding hydrogens is 264 g/mol. The van der Waals surface area contributed by atoms with Crippen LogP contribution < -0.4 is 5.73 Å². The molecule has 0 spiro atoms. The van der Waals surface area contributed by atoms with Crippen LogP contribution in [0.1, 0.15) is 24.8 Å². The second-order valence-corrected chi connectivity index (χ2v) is 4.77. The predicted octanol–water partition coefficient (Wildman–Crippen LogP) is 1.60. The lowest BCUT2D eigenvalue weighted by molar-refractivity contribution is -0.132. The van der Waals surface area contributed by atoms with E-state index in [1.54, 1.807) is 0 Å². The van der Waals surface area contributed by atoms with Gasteiger partial charge in [0.1, 0.15) is 0 Å². The third-order valence-corrected chi connectivity index (χ3v) is 3.20. The van der Waals surface area contributed by atoms with E-state index in [9.17, 15) is 4.79 Å². The van der Waals surface area contributed by atoms with E-state index in [4.69, 9.17) is 16.3 Å². The number of carbonyl (C=O) groups excluding carboxylic acids is 1. The maximum Gasteiger partial charge on any atom is 0.239 e. The monoisotopic (exact) mass is 284 g/mol. The topological polar surface area (TPSA) is 93.9 Å². The highest BCUT2D eigenvalue weighted by atomic mass is 16.2. The minimum absolute atomic E-state index is 0.184. The number of amides is 1. The van der Waals surface area contributed by atoms with Gasteiger partial charge in [-0.2, -0.15) is 10.5 Å².